The smallest absolute Gasteiger partial charge is 0.305 e. The van der Waals surface area contributed by atoms with Crippen LogP contribution in [0.4, 0.5) is 0 Å². The Bertz CT molecular complexity index is 960. The van der Waals surface area contributed by atoms with Gasteiger partial charge in [0.05, 0.1) is 23.9 Å². The van der Waals surface area contributed by atoms with Gasteiger partial charge < -0.3 is 25.4 Å². The van der Waals surface area contributed by atoms with Crippen LogP contribution in [-0.4, -0.2) is 52.2 Å². The van der Waals surface area contributed by atoms with Crippen LogP contribution in [0.25, 0.3) is 0 Å². The second kappa shape index (κ2) is 9.41. The van der Waals surface area contributed by atoms with Crippen LogP contribution < -0.4 is 5.73 Å². The zero-order chi connectivity index (χ0) is 28.9. The quantitative estimate of drug-likeness (QED) is 0.404. The fraction of sp³-hybridized carbons (Fsp3) is 0.970. The molecule has 6 heteroatoms. The highest BCUT2D eigenvalue weighted by molar-refractivity contribution is 5.69. The van der Waals surface area contributed by atoms with Crippen molar-refractivity contribution in [2.75, 3.05) is 0 Å². The maximum atomic E-state index is 12.3. The zero-order valence-corrected chi connectivity index (χ0v) is 26.1. The van der Waals surface area contributed by atoms with Gasteiger partial charge in [-0.2, -0.15) is 0 Å². The lowest BCUT2D eigenvalue weighted by molar-refractivity contribution is -0.214. The first-order valence-electron chi connectivity index (χ1n) is 16.0. The van der Waals surface area contributed by atoms with Gasteiger partial charge in [-0.1, -0.05) is 48.5 Å². The van der Waals surface area contributed by atoms with Gasteiger partial charge >= 0.3 is 5.97 Å². The summed E-state index contributed by atoms with van der Waals surface area (Å²) in [6.45, 7) is 19.6. The van der Waals surface area contributed by atoms with Crippen molar-refractivity contribution in [1.29, 1.82) is 0 Å². The van der Waals surface area contributed by atoms with Crippen molar-refractivity contribution >= 4 is 5.97 Å². The summed E-state index contributed by atoms with van der Waals surface area (Å²) in [5.74, 6) is 2.05. The minimum Gasteiger partial charge on any atom is -0.457 e. The lowest BCUT2D eigenvalue weighted by atomic mass is 9.37. The lowest BCUT2D eigenvalue weighted by Crippen LogP contribution is -2.64. The largest absolute Gasteiger partial charge is 0.457 e. The summed E-state index contributed by atoms with van der Waals surface area (Å²) in [6.07, 6.45) is 6.29. The molecule has 0 bridgehead atoms. The molecular formula is C33H57NO5. The molecule has 0 spiro atoms. The van der Waals surface area contributed by atoms with Crippen molar-refractivity contribution in [3.05, 3.63) is 0 Å². The fourth-order valence-electron chi connectivity index (χ4n) is 11.7. The number of carbonyl (C=O) groups excluding carboxylic acids is 1. The Labute approximate surface area is 237 Å². The van der Waals surface area contributed by atoms with Crippen LogP contribution in [0.5, 0.6) is 0 Å². The molecule has 1 heterocycles. The van der Waals surface area contributed by atoms with E-state index in [1.165, 1.54) is 12.8 Å². The summed E-state index contributed by atoms with van der Waals surface area (Å²) >= 11 is 0. The summed E-state index contributed by atoms with van der Waals surface area (Å²) < 4.78 is 12.7. The monoisotopic (exact) mass is 547 g/mol. The molecule has 224 valence electrons. The van der Waals surface area contributed by atoms with E-state index in [1.54, 1.807) is 20.8 Å². The summed E-state index contributed by atoms with van der Waals surface area (Å²) in [6, 6.07) is -0.114. The zero-order valence-electron chi connectivity index (χ0n) is 26.1. The summed E-state index contributed by atoms with van der Waals surface area (Å²) in [5.41, 5.74) is 6.35. The molecule has 5 rings (SSSR count). The number of nitrogens with two attached hydrogens (primary N) is 1. The minimum absolute atomic E-state index is 0.0573. The molecule has 5 aliphatic rings. The number of carbonyl (C=O) groups is 1. The van der Waals surface area contributed by atoms with Crippen LogP contribution in [0.1, 0.15) is 114 Å². The Hall–Kier alpha value is -0.690. The summed E-state index contributed by atoms with van der Waals surface area (Å²) in [7, 11) is 0. The van der Waals surface area contributed by atoms with Crippen molar-refractivity contribution in [3.8, 4) is 0 Å². The van der Waals surface area contributed by atoms with E-state index in [-0.39, 0.29) is 58.4 Å². The van der Waals surface area contributed by atoms with E-state index >= 15 is 0 Å². The summed E-state index contributed by atoms with van der Waals surface area (Å²) in [4.78, 5) is 12.3. The lowest BCUT2D eigenvalue weighted by Gasteiger charge is -2.67. The van der Waals surface area contributed by atoms with Gasteiger partial charge in [0.15, 0.2) is 6.10 Å². The molecule has 1 saturated heterocycles. The molecule has 39 heavy (non-hydrogen) atoms. The second-order valence-corrected chi connectivity index (χ2v) is 16.3. The molecule has 0 radical (unpaired) electrons. The average Bonchev–Trinajstić information content (AvgIpc) is 3.03. The molecule has 5 fully saturated rings. The van der Waals surface area contributed by atoms with Gasteiger partial charge in [0.25, 0.3) is 0 Å². The first-order valence-corrected chi connectivity index (χ1v) is 16.0. The Balaban J connectivity index is 1.48. The van der Waals surface area contributed by atoms with Crippen molar-refractivity contribution < 1.29 is 24.5 Å². The Morgan fingerprint density at radius 1 is 1.08 bits per heavy atom. The van der Waals surface area contributed by atoms with Gasteiger partial charge in [0, 0.05) is 12.5 Å². The van der Waals surface area contributed by atoms with Crippen LogP contribution in [0.2, 0.25) is 0 Å². The molecule has 6 nitrogen and oxygen atoms in total. The second-order valence-electron chi connectivity index (χ2n) is 16.3. The predicted octanol–water partition coefficient (Wildman–Crippen LogP) is 5.47. The third-order valence-corrected chi connectivity index (χ3v) is 13.9. The molecule has 4 aliphatic carbocycles. The molecule has 0 amide bonds. The van der Waals surface area contributed by atoms with Crippen LogP contribution in [-0.2, 0) is 14.3 Å². The number of fused-ring (bicyclic) bond motifs is 7. The number of rotatable bonds is 4. The molecule has 5 unspecified atom stereocenters. The van der Waals surface area contributed by atoms with E-state index in [4.69, 9.17) is 15.2 Å². The molecule has 4 N–H and O–H groups in total. The first kappa shape index (κ1) is 29.8. The molecule has 0 aromatic heterocycles. The van der Waals surface area contributed by atoms with Crippen LogP contribution in [0.15, 0.2) is 0 Å². The molecule has 1 aliphatic heterocycles. The van der Waals surface area contributed by atoms with E-state index in [9.17, 15) is 15.0 Å². The fourth-order valence-corrected chi connectivity index (χ4v) is 11.7. The van der Waals surface area contributed by atoms with Crippen LogP contribution >= 0.6 is 0 Å². The highest BCUT2D eigenvalue weighted by atomic mass is 16.6. The third kappa shape index (κ3) is 4.04. The van der Waals surface area contributed by atoms with Gasteiger partial charge in [0.1, 0.15) is 0 Å². The Morgan fingerprint density at radius 3 is 2.36 bits per heavy atom. The third-order valence-electron chi connectivity index (χ3n) is 13.9. The van der Waals surface area contributed by atoms with E-state index in [2.05, 4.69) is 41.5 Å². The van der Waals surface area contributed by atoms with Gasteiger partial charge in [-0.05, 0) is 110 Å². The van der Waals surface area contributed by atoms with Gasteiger partial charge in [-0.15, -0.1) is 0 Å². The number of hydrogen-bond donors (Lipinski definition) is 3. The minimum atomic E-state index is -1.21. The summed E-state index contributed by atoms with van der Waals surface area (Å²) in [5, 5.41) is 22.0. The standard InChI is InChI=1S/C33H57NO5/c1-10-24(36)39-28(30(5,6)37)21-17-18(2)25-26(38-21)27(34)33(9)20-11-12-22-29(3,4)23(35)14-15-31(22,7)19(20)13-16-32(25,33)8/h18-23,25-28,35,37H,10-17,34H2,1-9H3/t18-,19?,20-,21-,22?,23+,25?,26?,27?,28+,31-,32-,33-/m1/s1. The molecule has 13 atom stereocenters. The normalized spacial score (nSPS) is 51.6. The van der Waals surface area contributed by atoms with E-state index in [0.29, 0.717) is 29.6 Å². The Kier molecular flexibility index (Phi) is 7.19. The van der Waals surface area contributed by atoms with E-state index in [0.717, 1.165) is 32.1 Å². The van der Waals surface area contributed by atoms with Gasteiger partial charge in [-0.25, -0.2) is 0 Å². The first-order chi connectivity index (χ1) is 17.9. The molecular weight excluding hydrogens is 490 g/mol. The van der Waals surface area contributed by atoms with Crippen molar-refractivity contribution in [2.45, 2.75) is 150 Å². The SMILES string of the molecule is CCC(=O)O[C@@H]([C@H]1C[C@@H](C)C2C(O1)C(N)[C@@]1(C)[C@@H]3CCC4C(C)(C)[C@@H](O)CC[C@]4(C)C3CC[C@]21C)C(C)(C)O. The number of hydrogen-bond acceptors (Lipinski definition) is 6. The predicted molar refractivity (Wildman–Crippen MR) is 153 cm³/mol. The molecule has 0 aromatic carbocycles. The van der Waals surface area contributed by atoms with Crippen molar-refractivity contribution in [3.63, 3.8) is 0 Å². The molecule has 0 aromatic rings. The number of esters is 1. The highest BCUT2D eigenvalue weighted by Gasteiger charge is 2.73. The van der Waals surface area contributed by atoms with Crippen LogP contribution in [0, 0.1) is 51.2 Å². The van der Waals surface area contributed by atoms with Crippen molar-refractivity contribution in [1.82, 2.24) is 0 Å². The average molecular weight is 548 g/mol. The highest BCUT2D eigenvalue weighted by Crippen LogP contribution is 2.75. The maximum absolute atomic E-state index is 12.3. The van der Waals surface area contributed by atoms with E-state index < -0.39 is 11.7 Å². The van der Waals surface area contributed by atoms with Gasteiger partial charge in [-0.3, -0.25) is 4.79 Å². The molecule has 4 saturated carbocycles. The van der Waals surface area contributed by atoms with Crippen molar-refractivity contribution in [2.24, 2.45) is 57.0 Å². The maximum Gasteiger partial charge on any atom is 0.305 e. The topological polar surface area (TPSA) is 102 Å². The number of aliphatic hydroxyl groups is 2. The number of aliphatic hydroxyl groups excluding tert-OH is 1. The van der Waals surface area contributed by atoms with Crippen LogP contribution in [0.3, 0.4) is 0 Å². The van der Waals surface area contributed by atoms with E-state index in [1.807, 2.05) is 0 Å². The number of ether oxygens (including phenoxy) is 2. The Morgan fingerprint density at radius 2 is 1.74 bits per heavy atom. The van der Waals surface area contributed by atoms with Gasteiger partial charge in [0.2, 0.25) is 0 Å².